The van der Waals surface area contributed by atoms with E-state index in [1.54, 1.807) is 6.20 Å². The molecule has 194 valence electrons. The Labute approximate surface area is 218 Å². The number of aryl methyl sites for hydroxylation is 1. The summed E-state index contributed by atoms with van der Waals surface area (Å²) in [6.45, 7) is 9.49. The van der Waals surface area contributed by atoms with E-state index >= 15 is 0 Å². The van der Waals surface area contributed by atoms with E-state index in [0.29, 0.717) is 30.1 Å². The Morgan fingerprint density at radius 3 is 2.62 bits per heavy atom. The van der Waals surface area contributed by atoms with Gasteiger partial charge in [-0.2, -0.15) is 5.21 Å². The van der Waals surface area contributed by atoms with Crippen LogP contribution in [0.5, 0.6) is 0 Å². The van der Waals surface area contributed by atoms with Gasteiger partial charge in [0.2, 0.25) is 5.82 Å². The van der Waals surface area contributed by atoms with Crippen molar-refractivity contribution in [1.82, 2.24) is 34.7 Å². The Bertz CT molecular complexity index is 1390. The van der Waals surface area contributed by atoms with Crippen LogP contribution in [0.3, 0.4) is 0 Å². The molecule has 4 aromatic rings. The Balaban J connectivity index is 1.57. The standard InChI is InChI=1S/C29H37N7O/c1-5-7-10-22-18-36(27-20(6-2)15-26(27)19(3)4)29(37)35(22)17-21-16-30-14-13-23(21)24-11-8-9-12-25(24)28-31-33-34-32-28/h8-9,11-14,16,18-20,26-27H,5-7,10,15,17H2,1-4H3,(H,31,32,33,34). The van der Waals surface area contributed by atoms with E-state index in [2.05, 4.69) is 70.1 Å². The number of nitrogens with one attached hydrogen (secondary N) is 1. The van der Waals surface area contributed by atoms with Gasteiger partial charge in [-0.3, -0.25) is 14.1 Å². The summed E-state index contributed by atoms with van der Waals surface area (Å²) < 4.78 is 4.05. The predicted octanol–water partition coefficient (Wildman–Crippen LogP) is 5.53. The number of rotatable bonds is 10. The van der Waals surface area contributed by atoms with Crippen LogP contribution in [0.2, 0.25) is 0 Å². The van der Waals surface area contributed by atoms with Crippen molar-refractivity contribution in [1.29, 1.82) is 0 Å². The Kier molecular flexibility index (Phi) is 7.35. The van der Waals surface area contributed by atoms with Crippen LogP contribution in [-0.4, -0.2) is 34.7 Å². The molecule has 0 amide bonds. The predicted molar refractivity (Wildman–Crippen MR) is 145 cm³/mol. The van der Waals surface area contributed by atoms with Gasteiger partial charge in [-0.1, -0.05) is 64.8 Å². The van der Waals surface area contributed by atoms with Crippen LogP contribution >= 0.6 is 0 Å². The molecule has 3 unspecified atom stereocenters. The number of hydrogen-bond acceptors (Lipinski definition) is 5. The molecule has 1 fully saturated rings. The third kappa shape index (κ3) is 4.77. The first-order valence-corrected chi connectivity index (χ1v) is 13.6. The molecule has 1 N–H and O–H groups in total. The highest BCUT2D eigenvalue weighted by atomic mass is 16.1. The van der Waals surface area contributed by atoms with Crippen molar-refractivity contribution in [3.63, 3.8) is 0 Å². The fraction of sp³-hybridized carbons (Fsp3) is 0.483. The van der Waals surface area contributed by atoms with Crippen LogP contribution in [0.15, 0.2) is 53.7 Å². The van der Waals surface area contributed by atoms with Gasteiger partial charge in [0.25, 0.3) is 0 Å². The third-order valence-electron chi connectivity index (χ3n) is 8.11. The summed E-state index contributed by atoms with van der Waals surface area (Å²) in [5.74, 6) is 2.22. The molecule has 0 spiro atoms. The molecule has 8 nitrogen and oxygen atoms in total. The van der Waals surface area contributed by atoms with Crippen molar-refractivity contribution in [2.75, 3.05) is 0 Å². The summed E-state index contributed by atoms with van der Waals surface area (Å²) in [5, 5.41) is 14.7. The number of unbranched alkanes of at least 4 members (excludes halogenated alkanes) is 1. The molecule has 3 heterocycles. The summed E-state index contributed by atoms with van der Waals surface area (Å²) in [6.07, 6.45) is 11.2. The second-order valence-electron chi connectivity index (χ2n) is 10.6. The number of nitrogens with zero attached hydrogens (tertiary/aromatic N) is 6. The normalized spacial score (nSPS) is 19.3. The van der Waals surface area contributed by atoms with Crippen molar-refractivity contribution < 1.29 is 0 Å². The number of pyridine rings is 1. The number of hydrogen-bond donors (Lipinski definition) is 1. The molecule has 0 bridgehead atoms. The molecule has 1 aliphatic rings. The largest absolute Gasteiger partial charge is 0.328 e. The lowest BCUT2D eigenvalue weighted by molar-refractivity contribution is 0.0391. The average Bonchev–Trinajstić information content (AvgIpc) is 3.52. The van der Waals surface area contributed by atoms with Crippen LogP contribution in [-0.2, 0) is 13.0 Å². The highest BCUT2D eigenvalue weighted by molar-refractivity contribution is 5.81. The number of imidazole rings is 1. The number of H-pyrrole nitrogens is 1. The SMILES string of the molecule is CCCCc1cn(C2C(CC)CC2C(C)C)c(=O)n1Cc1cnccc1-c1ccccc1-c1nn[nH]n1. The average molecular weight is 500 g/mol. The van der Waals surface area contributed by atoms with Gasteiger partial charge in [-0.25, -0.2) is 4.79 Å². The maximum Gasteiger partial charge on any atom is 0.328 e. The Hall–Kier alpha value is -3.55. The molecule has 37 heavy (non-hydrogen) atoms. The highest BCUT2D eigenvalue weighted by Crippen LogP contribution is 2.49. The summed E-state index contributed by atoms with van der Waals surface area (Å²) in [4.78, 5) is 18.4. The summed E-state index contributed by atoms with van der Waals surface area (Å²) in [6, 6.07) is 10.3. The molecule has 8 heteroatoms. The van der Waals surface area contributed by atoms with E-state index in [-0.39, 0.29) is 11.7 Å². The zero-order chi connectivity index (χ0) is 25.9. The van der Waals surface area contributed by atoms with Crippen LogP contribution in [0.1, 0.15) is 70.7 Å². The lowest BCUT2D eigenvalue weighted by atomic mass is 9.64. The van der Waals surface area contributed by atoms with Crippen LogP contribution in [0.25, 0.3) is 22.5 Å². The van der Waals surface area contributed by atoms with E-state index in [9.17, 15) is 4.79 Å². The van der Waals surface area contributed by atoms with Crippen molar-refractivity contribution in [3.8, 4) is 22.5 Å². The fourth-order valence-corrected chi connectivity index (χ4v) is 5.95. The van der Waals surface area contributed by atoms with Crippen molar-refractivity contribution in [3.05, 3.63) is 70.7 Å². The van der Waals surface area contributed by atoms with E-state index < -0.39 is 0 Å². The molecular weight excluding hydrogens is 462 g/mol. The molecule has 3 atom stereocenters. The summed E-state index contributed by atoms with van der Waals surface area (Å²) in [7, 11) is 0. The maximum absolute atomic E-state index is 14.0. The van der Waals surface area contributed by atoms with E-state index in [1.165, 1.54) is 6.42 Å². The monoisotopic (exact) mass is 499 g/mol. The van der Waals surface area contributed by atoms with Gasteiger partial charge in [0.1, 0.15) is 0 Å². The molecule has 1 aromatic carbocycles. The van der Waals surface area contributed by atoms with Crippen molar-refractivity contribution in [2.45, 2.75) is 72.4 Å². The van der Waals surface area contributed by atoms with Crippen molar-refractivity contribution in [2.24, 2.45) is 17.8 Å². The lowest BCUT2D eigenvalue weighted by Crippen LogP contribution is -2.45. The van der Waals surface area contributed by atoms with Crippen LogP contribution in [0.4, 0.5) is 0 Å². The first kappa shape index (κ1) is 25.1. The molecule has 5 rings (SSSR count). The number of tetrazole rings is 1. The number of benzene rings is 1. The summed E-state index contributed by atoms with van der Waals surface area (Å²) in [5.41, 5.74) is 5.11. The smallest absolute Gasteiger partial charge is 0.295 e. The Morgan fingerprint density at radius 2 is 1.92 bits per heavy atom. The minimum absolute atomic E-state index is 0.0983. The number of aromatic amines is 1. The Morgan fingerprint density at radius 1 is 1.11 bits per heavy atom. The van der Waals surface area contributed by atoms with E-state index in [1.807, 2.05) is 35.0 Å². The van der Waals surface area contributed by atoms with Gasteiger partial charge in [-0.15, -0.1) is 10.2 Å². The number of aromatic nitrogens is 7. The first-order valence-electron chi connectivity index (χ1n) is 13.6. The quantitative estimate of drug-likeness (QED) is 0.310. The van der Waals surface area contributed by atoms with E-state index in [4.69, 9.17) is 0 Å². The van der Waals surface area contributed by atoms with Crippen LogP contribution in [0, 0.1) is 17.8 Å². The molecule has 0 saturated heterocycles. The molecular formula is C29H37N7O. The van der Waals surface area contributed by atoms with Gasteiger partial charge in [0.05, 0.1) is 6.54 Å². The molecule has 0 aliphatic heterocycles. The molecule has 1 saturated carbocycles. The first-order chi connectivity index (χ1) is 18.0. The summed E-state index contributed by atoms with van der Waals surface area (Å²) >= 11 is 0. The third-order valence-corrected chi connectivity index (χ3v) is 8.11. The van der Waals surface area contributed by atoms with Gasteiger partial charge in [0, 0.05) is 35.9 Å². The molecule has 0 radical (unpaired) electrons. The molecule has 1 aliphatic carbocycles. The molecule has 3 aromatic heterocycles. The minimum Gasteiger partial charge on any atom is -0.295 e. The van der Waals surface area contributed by atoms with E-state index in [0.717, 1.165) is 53.6 Å². The van der Waals surface area contributed by atoms with Gasteiger partial charge < -0.3 is 0 Å². The maximum atomic E-state index is 14.0. The van der Waals surface area contributed by atoms with Crippen LogP contribution < -0.4 is 5.69 Å². The highest BCUT2D eigenvalue weighted by Gasteiger charge is 2.43. The second kappa shape index (κ2) is 10.8. The lowest BCUT2D eigenvalue weighted by Gasteiger charge is -2.47. The van der Waals surface area contributed by atoms with Gasteiger partial charge in [-0.05, 0) is 65.0 Å². The zero-order valence-corrected chi connectivity index (χ0v) is 22.3. The topological polar surface area (TPSA) is 94.3 Å². The van der Waals surface area contributed by atoms with Gasteiger partial charge in [0.15, 0.2) is 0 Å². The van der Waals surface area contributed by atoms with Crippen molar-refractivity contribution >= 4 is 0 Å². The second-order valence-corrected chi connectivity index (χ2v) is 10.6. The zero-order valence-electron chi connectivity index (χ0n) is 22.3. The minimum atomic E-state index is 0.0983. The van der Waals surface area contributed by atoms with Gasteiger partial charge >= 0.3 is 5.69 Å². The fourth-order valence-electron chi connectivity index (χ4n) is 5.95.